The summed E-state index contributed by atoms with van der Waals surface area (Å²) in [5.41, 5.74) is 1.30. The second kappa shape index (κ2) is 11.8. The van der Waals surface area contributed by atoms with E-state index in [4.69, 9.17) is 4.74 Å². The van der Waals surface area contributed by atoms with E-state index in [-0.39, 0.29) is 24.0 Å². The summed E-state index contributed by atoms with van der Waals surface area (Å²) in [6.07, 6.45) is 2.23. The van der Waals surface area contributed by atoms with Crippen LogP contribution < -0.4 is 4.74 Å². The monoisotopic (exact) mass is 528 g/mol. The van der Waals surface area contributed by atoms with E-state index in [0.717, 1.165) is 23.8 Å². The van der Waals surface area contributed by atoms with E-state index in [2.05, 4.69) is 0 Å². The van der Waals surface area contributed by atoms with Gasteiger partial charge >= 0.3 is 0 Å². The van der Waals surface area contributed by atoms with Crippen LogP contribution in [0.3, 0.4) is 0 Å². The van der Waals surface area contributed by atoms with E-state index in [0.29, 0.717) is 43.5 Å². The van der Waals surface area contributed by atoms with Crippen LogP contribution in [0.4, 0.5) is 8.78 Å². The fraction of sp³-hybridized carbons (Fsp3) is 0.321. The number of hydrogen-bond acceptors (Lipinski definition) is 4. The van der Waals surface area contributed by atoms with Gasteiger partial charge in [-0.3, -0.25) is 4.79 Å². The standard InChI is InChI=1S/C28H30F2N2O4S/c1-31-16-8-3-9-17-32(37(34,35)23-14-15-25(29)26(30)19-23)22(18-21-10-4-2-5-11-21)20-36-27-13-7-6-12-24(27)28(31)33/h2,4-7,10-15,19,22H,3,8-9,16-18,20H2,1H3/t22-/m1/s1. The molecule has 0 N–H and O–H groups in total. The number of sulfonamides is 1. The van der Waals surface area contributed by atoms with Crippen LogP contribution in [0.2, 0.25) is 0 Å². The molecule has 0 aliphatic carbocycles. The highest BCUT2D eigenvalue weighted by Crippen LogP contribution is 2.26. The zero-order chi connectivity index (χ0) is 26.4. The van der Waals surface area contributed by atoms with Crippen LogP contribution in [0, 0.1) is 11.6 Å². The maximum absolute atomic E-state index is 14.0. The van der Waals surface area contributed by atoms with Crippen molar-refractivity contribution in [3.05, 3.63) is 95.6 Å². The molecule has 1 amide bonds. The first-order chi connectivity index (χ1) is 17.8. The lowest BCUT2D eigenvalue weighted by Crippen LogP contribution is -2.45. The number of benzene rings is 3. The largest absolute Gasteiger partial charge is 0.491 e. The van der Waals surface area contributed by atoms with Gasteiger partial charge in [0.1, 0.15) is 12.4 Å². The molecule has 4 rings (SSSR count). The summed E-state index contributed by atoms with van der Waals surface area (Å²) >= 11 is 0. The Kier molecular flexibility index (Phi) is 8.56. The molecule has 0 aromatic heterocycles. The van der Waals surface area contributed by atoms with Crippen LogP contribution >= 0.6 is 0 Å². The average molecular weight is 529 g/mol. The Hall–Kier alpha value is -3.30. The van der Waals surface area contributed by atoms with E-state index < -0.39 is 27.7 Å². The van der Waals surface area contributed by atoms with Crippen LogP contribution in [0.25, 0.3) is 0 Å². The van der Waals surface area contributed by atoms with Crippen LogP contribution in [0.5, 0.6) is 5.75 Å². The van der Waals surface area contributed by atoms with Gasteiger partial charge in [0.15, 0.2) is 11.6 Å². The van der Waals surface area contributed by atoms with Gasteiger partial charge in [-0.15, -0.1) is 0 Å². The number of carbonyl (C=O) groups excluding carboxylic acids is 1. The number of carbonyl (C=O) groups is 1. The summed E-state index contributed by atoms with van der Waals surface area (Å²) in [6, 6.07) is 18.3. The zero-order valence-electron chi connectivity index (χ0n) is 20.6. The molecule has 3 aromatic carbocycles. The van der Waals surface area contributed by atoms with Crippen molar-refractivity contribution in [3.8, 4) is 5.75 Å². The molecule has 0 bridgehead atoms. The summed E-state index contributed by atoms with van der Waals surface area (Å²) < 4.78 is 62.7. The highest BCUT2D eigenvalue weighted by Gasteiger charge is 2.33. The van der Waals surface area contributed by atoms with E-state index in [1.54, 1.807) is 36.2 Å². The van der Waals surface area contributed by atoms with Crippen molar-refractivity contribution in [1.82, 2.24) is 9.21 Å². The first-order valence-electron chi connectivity index (χ1n) is 12.3. The Bertz CT molecular complexity index is 1340. The van der Waals surface area contributed by atoms with Crippen LogP contribution in [-0.4, -0.2) is 56.3 Å². The Morgan fingerprint density at radius 1 is 0.892 bits per heavy atom. The van der Waals surface area contributed by atoms with Crippen LogP contribution in [0.15, 0.2) is 77.7 Å². The van der Waals surface area contributed by atoms with Crippen molar-refractivity contribution in [2.45, 2.75) is 36.6 Å². The molecule has 1 atom stereocenters. The van der Waals surface area contributed by atoms with Crippen molar-refractivity contribution < 1.29 is 26.7 Å². The minimum absolute atomic E-state index is 0.0359. The molecule has 0 saturated carbocycles. The Balaban J connectivity index is 1.75. The molecule has 196 valence electrons. The van der Waals surface area contributed by atoms with Gasteiger partial charge in [-0.2, -0.15) is 4.31 Å². The predicted molar refractivity (Wildman–Crippen MR) is 137 cm³/mol. The number of hydrogen-bond donors (Lipinski definition) is 0. The van der Waals surface area contributed by atoms with Crippen LogP contribution in [-0.2, 0) is 16.4 Å². The zero-order valence-corrected chi connectivity index (χ0v) is 21.5. The van der Waals surface area contributed by atoms with Gasteiger partial charge in [0.25, 0.3) is 5.91 Å². The molecule has 0 unspecified atom stereocenters. The Labute approximate surface area is 216 Å². The molecule has 0 saturated heterocycles. The van der Waals surface area contributed by atoms with Crippen molar-refractivity contribution in [2.75, 3.05) is 26.7 Å². The van der Waals surface area contributed by atoms with Crippen molar-refractivity contribution in [2.24, 2.45) is 0 Å². The summed E-state index contributed by atoms with van der Waals surface area (Å²) in [6.45, 7) is 0.643. The second-order valence-corrected chi connectivity index (χ2v) is 11.0. The van der Waals surface area contributed by atoms with Gasteiger partial charge in [-0.25, -0.2) is 17.2 Å². The van der Waals surface area contributed by atoms with Crippen molar-refractivity contribution in [3.63, 3.8) is 0 Å². The molecule has 0 fully saturated rings. The number of halogens is 2. The van der Waals surface area contributed by atoms with Gasteiger partial charge in [-0.05, 0) is 55.2 Å². The lowest BCUT2D eigenvalue weighted by molar-refractivity contribution is 0.0788. The lowest BCUT2D eigenvalue weighted by Gasteiger charge is -2.31. The number of fused-ring (bicyclic) bond motifs is 1. The molecule has 37 heavy (non-hydrogen) atoms. The number of ether oxygens (including phenoxy) is 1. The average Bonchev–Trinajstić information content (AvgIpc) is 2.90. The van der Waals surface area contributed by atoms with Gasteiger partial charge < -0.3 is 9.64 Å². The molecule has 3 aromatic rings. The third kappa shape index (κ3) is 6.34. The molecular weight excluding hydrogens is 498 g/mol. The van der Waals surface area contributed by atoms with Crippen molar-refractivity contribution in [1.29, 1.82) is 0 Å². The van der Waals surface area contributed by atoms with Crippen molar-refractivity contribution >= 4 is 15.9 Å². The van der Waals surface area contributed by atoms with Gasteiger partial charge in [0, 0.05) is 20.1 Å². The Morgan fingerprint density at radius 2 is 1.59 bits per heavy atom. The highest BCUT2D eigenvalue weighted by molar-refractivity contribution is 7.89. The quantitative estimate of drug-likeness (QED) is 0.483. The summed E-state index contributed by atoms with van der Waals surface area (Å²) in [7, 11) is -2.46. The second-order valence-electron chi connectivity index (χ2n) is 9.13. The molecule has 6 nitrogen and oxygen atoms in total. The van der Waals surface area contributed by atoms with E-state index >= 15 is 0 Å². The first-order valence-corrected chi connectivity index (χ1v) is 13.7. The Morgan fingerprint density at radius 3 is 2.35 bits per heavy atom. The van der Waals surface area contributed by atoms with E-state index in [1.165, 1.54) is 4.31 Å². The highest BCUT2D eigenvalue weighted by atomic mass is 32.2. The molecule has 0 radical (unpaired) electrons. The molecular formula is C28H30F2N2O4S. The number of nitrogens with zero attached hydrogens (tertiary/aromatic N) is 2. The SMILES string of the molecule is CN1CCCCCN(S(=O)(=O)c2ccc(F)c(F)c2)[C@H](Cc2ccccc2)COc2ccccc2C1=O. The van der Waals surface area contributed by atoms with E-state index in [9.17, 15) is 22.0 Å². The maximum Gasteiger partial charge on any atom is 0.257 e. The molecule has 0 spiro atoms. The van der Waals surface area contributed by atoms with Gasteiger partial charge in [-0.1, -0.05) is 48.9 Å². The predicted octanol–water partition coefficient (Wildman–Crippen LogP) is 4.90. The fourth-order valence-electron chi connectivity index (χ4n) is 4.46. The number of rotatable bonds is 4. The minimum atomic E-state index is -4.20. The number of amides is 1. The third-order valence-corrected chi connectivity index (χ3v) is 8.43. The smallest absolute Gasteiger partial charge is 0.257 e. The number of para-hydroxylation sites is 1. The first kappa shape index (κ1) is 26.8. The third-order valence-electron chi connectivity index (χ3n) is 6.49. The lowest BCUT2D eigenvalue weighted by atomic mass is 10.1. The summed E-state index contributed by atoms with van der Waals surface area (Å²) in [5.74, 6) is -2.14. The molecule has 1 aliphatic rings. The summed E-state index contributed by atoms with van der Waals surface area (Å²) in [5, 5.41) is 0. The minimum Gasteiger partial charge on any atom is -0.491 e. The van der Waals surface area contributed by atoms with E-state index in [1.807, 2.05) is 30.3 Å². The topological polar surface area (TPSA) is 66.9 Å². The summed E-state index contributed by atoms with van der Waals surface area (Å²) in [4.78, 5) is 14.4. The fourth-order valence-corrected chi connectivity index (χ4v) is 6.12. The van der Waals surface area contributed by atoms with Gasteiger partial charge in [0.2, 0.25) is 10.0 Å². The van der Waals surface area contributed by atoms with Gasteiger partial charge in [0.05, 0.1) is 16.5 Å². The maximum atomic E-state index is 14.0. The molecule has 1 heterocycles. The molecule has 9 heteroatoms. The normalized spacial score (nSPS) is 18.2. The van der Waals surface area contributed by atoms with Crippen LogP contribution in [0.1, 0.15) is 35.2 Å². The molecule has 1 aliphatic heterocycles.